The standard InChI is InChI=1S/C19H17BrO7P2/c20-16-13-11-15(12-14-16)19(21,28(22,23)26-17-7-3-1-4-8-17)29(24,25)27-18-9-5-2-6-10-18/h1-14,21H,(H,22,23)(H,24,25). The van der Waals surface area contributed by atoms with Gasteiger partial charge in [0, 0.05) is 10.0 Å². The lowest BCUT2D eigenvalue weighted by Crippen LogP contribution is -2.30. The van der Waals surface area contributed by atoms with Gasteiger partial charge >= 0.3 is 20.3 Å². The lowest BCUT2D eigenvalue weighted by molar-refractivity contribution is 0.135. The van der Waals surface area contributed by atoms with Gasteiger partial charge < -0.3 is 23.9 Å². The third-order valence-corrected chi connectivity index (χ3v) is 9.02. The Kier molecular flexibility index (Phi) is 6.34. The number of benzene rings is 3. The Morgan fingerprint density at radius 1 is 0.690 bits per heavy atom. The van der Waals surface area contributed by atoms with Gasteiger partial charge in [-0.15, -0.1) is 0 Å². The molecule has 0 aromatic heterocycles. The minimum absolute atomic E-state index is 0.0615. The van der Waals surface area contributed by atoms with E-state index in [1.54, 1.807) is 36.4 Å². The third-order valence-electron chi connectivity index (χ3n) is 3.96. The molecule has 0 saturated carbocycles. The molecular weight excluding hydrogens is 482 g/mol. The molecule has 2 unspecified atom stereocenters. The van der Waals surface area contributed by atoms with Crippen molar-refractivity contribution in [3.8, 4) is 11.5 Å². The lowest BCUT2D eigenvalue weighted by atomic mass is 10.2. The van der Waals surface area contributed by atoms with Crippen molar-refractivity contribution in [3.63, 3.8) is 0 Å². The molecule has 3 aromatic rings. The first-order chi connectivity index (χ1) is 13.7. The molecule has 0 aliphatic rings. The summed E-state index contributed by atoms with van der Waals surface area (Å²) in [5, 5.41) is 8.00. The van der Waals surface area contributed by atoms with Gasteiger partial charge in [-0.05, 0) is 36.4 Å². The molecule has 0 heterocycles. The average molecular weight is 499 g/mol. The Morgan fingerprint density at radius 3 is 1.45 bits per heavy atom. The van der Waals surface area contributed by atoms with Crippen LogP contribution in [0.5, 0.6) is 11.5 Å². The van der Waals surface area contributed by atoms with E-state index in [-0.39, 0.29) is 17.1 Å². The summed E-state index contributed by atoms with van der Waals surface area (Å²) >= 11 is 3.21. The minimum Gasteiger partial charge on any atom is -0.422 e. The van der Waals surface area contributed by atoms with Gasteiger partial charge in [0.15, 0.2) is 0 Å². The first-order valence-corrected chi connectivity index (χ1v) is 12.2. The monoisotopic (exact) mass is 498 g/mol. The van der Waals surface area contributed by atoms with Gasteiger partial charge in [-0.1, -0.05) is 64.5 Å². The topological polar surface area (TPSA) is 113 Å². The Hall–Kier alpha value is -1.92. The van der Waals surface area contributed by atoms with Crippen LogP contribution < -0.4 is 9.05 Å². The second-order valence-corrected chi connectivity index (χ2v) is 11.0. The molecule has 3 aromatic carbocycles. The van der Waals surface area contributed by atoms with Crippen LogP contribution in [0.25, 0.3) is 0 Å². The molecule has 10 heteroatoms. The summed E-state index contributed by atoms with van der Waals surface area (Å²) in [7, 11) is -10.5. The van der Waals surface area contributed by atoms with Crippen LogP contribution in [0, 0.1) is 0 Å². The van der Waals surface area contributed by atoms with Gasteiger partial charge in [-0.2, -0.15) is 0 Å². The van der Waals surface area contributed by atoms with Gasteiger partial charge in [-0.25, -0.2) is 9.13 Å². The van der Waals surface area contributed by atoms with E-state index in [4.69, 9.17) is 9.05 Å². The first-order valence-electron chi connectivity index (χ1n) is 8.29. The van der Waals surface area contributed by atoms with E-state index in [2.05, 4.69) is 15.9 Å². The number of hydrogen-bond donors (Lipinski definition) is 3. The lowest BCUT2D eigenvalue weighted by Gasteiger charge is -2.34. The van der Waals surface area contributed by atoms with Crippen molar-refractivity contribution in [2.24, 2.45) is 0 Å². The van der Waals surface area contributed by atoms with Crippen molar-refractivity contribution in [1.29, 1.82) is 0 Å². The number of para-hydroxylation sites is 2. The van der Waals surface area contributed by atoms with E-state index in [1.165, 1.54) is 48.5 Å². The van der Waals surface area contributed by atoms with E-state index in [9.17, 15) is 24.0 Å². The molecule has 0 saturated heterocycles. The van der Waals surface area contributed by atoms with Crippen LogP contribution in [0.3, 0.4) is 0 Å². The number of aliphatic hydroxyl groups is 1. The molecule has 0 amide bonds. The van der Waals surface area contributed by atoms with Crippen molar-refractivity contribution in [2.45, 2.75) is 5.08 Å². The van der Waals surface area contributed by atoms with Gasteiger partial charge in [0.2, 0.25) is 0 Å². The SMILES string of the molecule is O=P(O)(Oc1ccccc1)C(O)(c1ccc(Br)cc1)P(=O)(O)Oc1ccccc1. The van der Waals surface area contributed by atoms with Crippen molar-refractivity contribution in [1.82, 2.24) is 0 Å². The Bertz CT molecular complexity index is 997. The molecule has 0 radical (unpaired) electrons. The second-order valence-electron chi connectivity index (χ2n) is 5.99. The van der Waals surface area contributed by atoms with E-state index in [1.807, 2.05) is 0 Å². The first kappa shape index (κ1) is 21.8. The van der Waals surface area contributed by atoms with Crippen LogP contribution in [0.2, 0.25) is 0 Å². The Balaban J connectivity index is 2.12. The Labute approximate surface area is 175 Å². The highest BCUT2D eigenvalue weighted by atomic mass is 79.9. The van der Waals surface area contributed by atoms with Crippen LogP contribution >= 0.6 is 31.1 Å². The predicted molar refractivity (Wildman–Crippen MR) is 112 cm³/mol. The molecule has 3 N–H and O–H groups in total. The number of rotatable bonds is 7. The normalized spacial score (nSPS) is 17.4. The van der Waals surface area contributed by atoms with Gasteiger partial charge in [0.1, 0.15) is 11.5 Å². The van der Waals surface area contributed by atoms with Crippen LogP contribution in [-0.4, -0.2) is 14.9 Å². The summed E-state index contributed by atoms with van der Waals surface area (Å²) in [6.07, 6.45) is 0. The maximum absolute atomic E-state index is 13.2. The molecule has 7 nitrogen and oxygen atoms in total. The second kappa shape index (κ2) is 8.44. The largest absolute Gasteiger partial charge is 0.426 e. The third kappa shape index (κ3) is 4.48. The predicted octanol–water partition coefficient (Wildman–Crippen LogP) is 5.08. The highest BCUT2D eigenvalue weighted by Crippen LogP contribution is 2.76. The molecule has 3 rings (SSSR count). The van der Waals surface area contributed by atoms with Crippen LogP contribution in [0.15, 0.2) is 89.4 Å². The molecule has 152 valence electrons. The van der Waals surface area contributed by atoms with Crippen LogP contribution in [0.4, 0.5) is 0 Å². The fourth-order valence-electron chi connectivity index (χ4n) is 2.54. The van der Waals surface area contributed by atoms with Crippen molar-refractivity contribution >= 4 is 31.1 Å². The molecule has 0 fully saturated rings. The fraction of sp³-hybridized carbons (Fsp3) is 0.0526. The minimum atomic E-state index is -5.23. The average Bonchev–Trinajstić information content (AvgIpc) is 2.68. The summed E-state index contributed by atoms with van der Waals surface area (Å²) in [4.78, 5) is 21.4. The van der Waals surface area contributed by atoms with Crippen molar-refractivity contribution < 1.29 is 33.1 Å². The van der Waals surface area contributed by atoms with E-state index < -0.39 is 20.3 Å². The van der Waals surface area contributed by atoms with Gasteiger partial charge in [0.05, 0.1) is 0 Å². The highest BCUT2D eigenvalue weighted by molar-refractivity contribution is 9.10. The van der Waals surface area contributed by atoms with E-state index >= 15 is 0 Å². The zero-order chi connectivity index (χ0) is 21.1. The zero-order valence-electron chi connectivity index (χ0n) is 14.8. The summed E-state index contributed by atoms with van der Waals surface area (Å²) in [6, 6.07) is 20.4. The number of halogens is 1. The molecular formula is C19H17BrO7P2. The van der Waals surface area contributed by atoms with Crippen molar-refractivity contribution in [2.75, 3.05) is 0 Å². The van der Waals surface area contributed by atoms with Crippen molar-refractivity contribution in [3.05, 3.63) is 95.0 Å². The zero-order valence-corrected chi connectivity index (χ0v) is 18.2. The molecule has 0 spiro atoms. The molecule has 29 heavy (non-hydrogen) atoms. The number of hydrogen-bond acceptors (Lipinski definition) is 5. The van der Waals surface area contributed by atoms with Crippen LogP contribution in [-0.2, 0) is 14.2 Å². The van der Waals surface area contributed by atoms with Gasteiger partial charge in [-0.3, -0.25) is 0 Å². The van der Waals surface area contributed by atoms with E-state index in [0.29, 0.717) is 4.47 Å². The fourth-order valence-corrected chi connectivity index (χ4v) is 6.34. The van der Waals surface area contributed by atoms with Crippen LogP contribution in [0.1, 0.15) is 5.56 Å². The highest BCUT2D eigenvalue weighted by Gasteiger charge is 2.66. The van der Waals surface area contributed by atoms with E-state index in [0.717, 1.165) is 0 Å². The Morgan fingerprint density at radius 2 is 1.07 bits per heavy atom. The summed E-state index contributed by atoms with van der Waals surface area (Å²) in [5.74, 6) is -0.123. The molecule has 2 atom stereocenters. The maximum Gasteiger partial charge on any atom is 0.426 e. The smallest absolute Gasteiger partial charge is 0.422 e. The maximum atomic E-state index is 13.2. The quantitative estimate of drug-likeness (QED) is 0.389. The summed E-state index contributed by atoms with van der Waals surface area (Å²) in [5.41, 5.74) is -0.316. The summed E-state index contributed by atoms with van der Waals surface area (Å²) in [6.45, 7) is 0. The summed E-state index contributed by atoms with van der Waals surface area (Å²) < 4.78 is 37.2. The molecule has 0 bridgehead atoms. The van der Waals surface area contributed by atoms with Gasteiger partial charge in [0.25, 0.3) is 0 Å². The molecule has 0 aliphatic carbocycles. The molecule has 0 aliphatic heterocycles.